The second-order valence-electron chi connectivity index (χ2n) is 4.15. The Labute approximate surface area is 115 Å². The second-order valence-corrected chi connectivity index (χ2v) is 6.56. The standard InChI is InChI=1S/C12H12N2O3S2/c1-19(16,17)10-4-2-9(3-5-10)8-14-7-6-11(15)13-12(14)18/h2-7H,8H2,1H3,(H,13,15,18). The molecule has 0 amide bonds. The van der Waals surface area contributed by atoms with Crippen LogP contribution in [0.25, 0.3) is 0 Å². The van der Waals surface area contributed by atoms with Crippen LogP contribution in [0.2, 0.25) is 0 Å². The van der Waals surface area contributed by atoms with E-state index in [1.165, 1.54) is 12.3 Å². The van der Waals surface area contributed by atoms with Crippen molar-refractivity contribution >= 4 is 22.1 Å². The normalized spacial score (nSPS) is 11.4. The van der Waals surface area contributed by atoms with Crippen molar-refractivity contribution in [1.82, 2.24) is 9.55 Å². The number of nitrogens with zero attached hydrogens (tertiary/aromatic N) is 1. The zero-order chi connectivity index (χ0) is 14.0. The molecule has 1 aromatic heterocycles. The molecule has 5 nitrogen and oxygen atoms in total. The molecule has 0 radical (unpaired) electrons. The molecule has 0 bridgehead atoms. The van der Waals surface area contributed by atoms with Gasteiger partial charge in [0.25, 0.3) is 5.56 Å². The number of aromatic amines is 1. The van der Waals surface area contributed by atoms with Crippen LogP contribution in [-0.2, 0) is 16.4 Å². The van der Waals surface area contributed by atoms with Crippen molar-refractivity contribution in [1.29, 1.82) is 0 Å². The van der Waals surface area contributed by atoms with Crippen molar-refractivity contribution in [3.63, 3.8) is 0 Å². The summed E-state index contributed by atoms with van der Waals surface area (Å²) >= 11 is 5.04. The first-order chi connectivity index (χ1) is 8.86. The number of aromatic nitrogens is 2. The van der Waals surface area contributed by atoms with Gasteiger partial charge >= 0.3 is 0 Å². The highest BCUT2D eigenvalue weighted by molar-refractivity contribution is 7.90. The fourth-order valence-electron chi connectivity index (χ4n) is 1.61. The Bertz CT molecular complexity index is 802. The van der Waals surface area contributed by atoms with Crippen molar-refractivity contribution in [3.8, 4) is 0 Å². The highest BCUT2D eigenvalue weighted by atomic mass is 32.2. The number of H-pyrrole nitrogens is 1. The molecule has 0 unspecified atom stereocenters. The van der Waals surface area contributed by atoms with E-state index >= 15 is 0 Å². The average Bonchev–Trinajstić information content (AvgIpc) is 2.32. The number of benzene rings is 1. The van der Waals surface area contributed by atoms with Gasteiger partial charge in [0.1, 0.15) is 0 Å². The molecule has 0 aliphatic carbocycles. The molecule has 2 aromatic rings. The van der Waals surface area contributed by atoms with Gasteiger partial charge < -0.3 is 4.57 Å². The van der Waals surface area contributed by atoms with Gasteiger partial charge in [-0.1, -0.05) is 12.1 Å². The van der Waals surface area contributed by atoms with Gasteiger partial charge in [-0.05, 0) is 29.9 Å². The van der Waals surface area contributed by atoms with E-state index in [1.54, 1.807) is 35.0 Å². The zero-order valence-electron chi connectivity index (χ0n) is 10.2. The summed E-state index contributed by atoms with van der Waals surface area (Å²) in [5.74, 6) is 0. The van der Waals surface area contributed by atoms with E-state index < -0.39 is 9.84 Å². The first-order valence-corrected chi connectivity index (χ1v) is 7.75. The Morgan fingerprint density at radius 3 is 2.37 bits per heavy atom. The zero-order valence-corrected chi connectivity index (χ0v) is 11.8. The smallest absolute Gasteiger partial charge is 0.251 e. The number of sulfone groups is 1. The third-order valence-corrected chi connectivity index (χ3v) is 4.07. The van der Waals surface area contributed by atoms with Crippen LogP contribution in [0.1, 0.15) is 5.56 Å². The van der Waals surface area contributed by atoms with Crippen LogP contribution in [0.4, 0.5) is 0 Å². The molecule has 0 aliphatic rings. The minimum atomic E-state index is -3.18. The molecule has 0 saturated heterocycles. The van der Waals surface area contributed by atoms with Gasteiger partial charge in [-0.25, -0.2) is 8.42 Å². The molecule has 0 fully saturated rings. The van der Waals surface area contributed by atoms with Gasteiger partial charge in [0.2, 0.25) is 0 Å². The van der Waals surface area contributed by atoms with Gasteiger partial charge in [-0.3, -0.25) is 9.78 Å². The van der Waals surface area contributed by atoms with Crippen LogP contribution < -0.4 is 5.56 Å². The predicted molar refractivity (Wildman–Crippen MR) is 74.5 cm³/mol. The quantitative estimate of drug-likeness (QED) is 0.868. The minimum Gasteiger partial charge on any atom is -0.321 e. The summed E-state index contributed by atoms with van der Waals surface area (Å²) in [4.78, 5) is 13.8. The maximum Gasteiger partial charge on any atom is 0.251 e. The highest BCUT2D eigenvalue weighted by Crippen LogP contribution is 2.11. The SMILES string of the molecule is CS(=O)(=O)c1ccc(Cn2ccc(=O)[nH]c2=S)cc1. The Morgan fingerprint density at radius 1 is 1.21 bits per heavy atom. The fourth-order valence-corrected chi connectivity index (χ4v) is 2.46. The summed E-state index contributed by atoms with van der Waals surface area (Å²) < 4.78 is 24.7. The maximum absolute atomic E-state index is 11.3. The Kier molecular flexibility index (Phi) is 3.68. The lowest BCUT2D eigenvalue weighted by Gasteiger charge is -2.06. The lowest BCUT2D eigenvalue weighted by Crippen LogP contribution is -2.11. The highest BCUT2D eigenvalue weighted by Gasteiger charge is 2.06. The lowest BCUT2D eigenvalue weighted by molar-refractivity contribution is 0.602. The molecule has 1 N–H and O–H groups in total. The Hall–Kier alpha value is -1.73. The van der Waals surface area contributed by atoms with Crippen molar-refractivity contribution < 1.29 is 8.42 Å². The Morgan fingerprint density at radius 2 is 1.84 bits per heavy atom. The molecule has 0 atom stereocenters. The van der Waals surface area contributed by atoms with Crippen LogP contribution in [0, 0.1) is 4.77 Å². The fraction of sp³-hybridized carbons (Fsp3) is 0.167. The van der Waals surface area contributed by atoms with Crippen molar-refractivity contribution in [2.24, 2.45) is 0 Å². The van der Waals surface area contributed by atoms with Crippen LogP contribution in [0.3, 0.4) is 0 Å². The van der Waals surface area contributed by atoms with Crippen LogP contribution in [0.5, 0.6) is 0 Å². The van der Waals surface area contributed by atoms with Gasteiger partial charge in [0.05, 0.1) is 4.90 Å². The minimum absolute atomic E-state index is 0.242. The topological polar surface area (TPSA) is 71.9 Å². The molecule has 19 heavy (non-hydrogen) atoms. The van der Waals surface area contributed by atoms with Gasteiger partial charge in [-0.15, -0.1) is 0 Å². The van der Waals surface area contributed by atoms with E-state index in [1.807, 2.05) is 0 Å². The van der Waals surface area contributed by atoms with E-state index in [4.69, 9.17) is 12.2 Å². The molecule has 2 rings (SSSR count). The molecule has 100 valence electrons. The molecule has 0 saturated carbocycles. The third-order valence-electron chi connectivity index (χ3n) is 2.60. The second kappa shape index (κ2) is 5.10. The molecular weight excluding hydrogens is 284 g/mol. The molecule has 0 spiro atoms. The molecule has 1 heterocycles. The number of nitrogens with one attached hydrogen (secondary N) is 1. The van der Waals surface area contributed by atoms with Crippen molar-refractivity contribution in [2.75, 3.05) is 6.26 Å². The molecular formula is C12H12N2O3S2. The summed E-state index contributed by atoms with van der Waals surface area (Å²) in [7, 11) is -3.18. The average molecular weight is 296 g/mol. The summed E-state index contributed by atoms with van der Waals surface area (Å²) in [5, 5.41) is 0. The summed E-state index contributed by atoms with van der Waals surface area (Å²) in [6.45, 7) is 0.472. The monoisotopic (exact) mass is 296 g/mol. The summed E-state index contributed by atoms with van der Waals surface area (Å²) in [6.07, 6.45) is 2.77. The largest absolute Gasteiger partial charge is 0.321 e. The van der Waals surface area contributed by atoms with Crippen molar-refractivity contribution in [2.45, 2.75) is 11.4 Å². The van der Waals surface area contributed by atoms with Crippen molar-refractivity contribution in [3.05, 3.63) is 57.2 Å². The summed E-state index contributed by atoms with van der Waals surface area (Å²) in [6, 6.07) is 7.95. The molecule has 0 aliphatic heterocycles. The van der Waals surface area contributed by atoms with Crippen LogP contribution in [-0.4, -0.2) is 24.2 Å². The van der Waals surface area contributed by atoms with E-state index in [9.17, 15) is 13.2 Å². The summed E-state index contributed by atoms with van der Waals surface area (Å²) in [5.41, 5.74) is 0.657. The maximum atomic E-state index is 11.3. The van der Waals surface area contributed by atoms with E-state index in [0.29, 0.717) is 11.3 Å². The van der Waals surface area contributed by atoms with Gasteiger partial charge in [-0.2, -0.15) is 0 Å². The van der Waals surface area contributed by atoms with Gasteiger partial charge in [0, 0.05) is 25.1 Å². The molecule has 1 aromatic carbocycles. The number of hydrogen-bond donors (Lipinski definition) is 1. The Balaban J connectivity index is 2.30. The first-order valence-electron chi connectivity index (χ1n) is 5.45. The lowest BCUT2D eigenvalue weighted by atomic mass is 10.2. The van der Waals surface area contributed by atoms with E-state index in [0.717, 1.165) is 5.56 Å². The van der Waals surface area contributed by atoms with Crippen LogP contribution in [0.15, 0.2) is 46.2 Å². The van der Waals surface area contributed by atoms with E-state index in [-0.39, 0.29) is 10.5 Å². The van der Waals surface area contributed by atoms with Gasteiger partial charge in [0.15, 0.2) is 14.6 Å². The number of rotatable bonds is 3. The first kappa shape index (κ1) is 13.7. The predicted octanol–water partition coefficient (Wildman–Crippen LogP) is 1.36. The molecule has 7 heteroatoms. The van der Waals surface area contributed by atoms with E-state index in [2.05, 4.69) is 4.98 Å². The number of hydrogen-bond acceptors (Lipinski definition) is 4. The van der Waals surface area contributed by atoms with Crippen LogP contribution >= 0.6 is 12.2 Å². The third kappa shape index (κ3) is 3.39.